The molecule has 1 aromatic carbocycles. The average molecular weight is 285 g/mol. The quantitative estimate of drug-likeness (QED) is 0.868. The Morgan fingerprint density at radius 3 is 2.86 bits per heavy atom. The highest BCUT2D eigenvalue weighted by Crippen LogP contribution is 2.28. The number of pyridine rings is 1. The molecule has 0 atom stereocenters. The smallest absolute Gasteiger partial charge is 0.335 e. The Labute approximate surface area is 119 Å². The molecule has 1 aliphatic heterocycles. The summed E-state index contributed by atoms with van der Waals surface area (Å²) in [4.78, 5) is 39.9. The van der Waals surface area contributed by atoms with E-state index in [0.29, 0.717) is 16.6 Å². The molecular formula is C14H11N3O4. The number of nitrogens with one attached hydrogen (secondary N) is 1. The molecule has 3 rings (SSSR count). The molecule has 1 aliphatic rings. The Hall–Kier alpha value is -2.96. The molecular weight excluding hydrogens is 274 g/mol. The molecule has 0 bridgehead atoms. The minimum atomic E-state index is -1.09. The van der Waals surface area contributed by atoms with Crippen LogP contribution in [0.2, 0.25) is 0 Å². The number of nitrogens with zero attached hydrogens (tertiary/aromatic N) is 2. The zero-order chi connectivity index (χ0) is 15.0. The summed E-state index contributed by atoms with van der Waals surface area (Å²) in [5.74, 6) is -1.43. The fraction of sp³-hybridized carbons (Fsp3) is 0.143. The molecule has 1 fully saturated rings. The van der Waals surface area contributed by atoms with Crippen LogP contribution in [0.5, 0.6) is 0 Å². The highest BCUT2D eigenvalue weighted by molar-refractivity contribution is 6.10. The lowest BCUT2D eigenvalue weighted by atomic mass is 10.1. The van der Waals surface area contributed by atoms with Gasteiger partial charge >= 0.3 is 12.0 Å². The summed E-state index contributed by atoms with van der Waals surface area (Å²) in [6.07, 6.45) is 1.73. The maximum atomic E-state index is 11.9. The molecule has 0 saturated carbocycles. The van der Waals surface area contributed by atoms with Crippen LogP contribution >= 0.6 is 0 Å². The molecule has 0 aliphatic carbocycles. The van der Waals surface area contributed by atoms with Gasteiger partial charge in [-0.2, -0.15) is 0 Å². The minimum Gasteiger partial charge on any atom is -0.478 e. The van der Waals surface area contributed by atoms with Gasteiger partial charge in [0.05, 0.1) is 16.8 Å². The maximum Gasteiger partial charge on any atom is 0.335 e. The fourth-order valence-corrected chi connectivity index (χ4v) is 2.30. The number of carboxylic acid groups (broad SMARTS) is 1. The van der Waals surface area contributed by atoms with E-state index >= 15 is 0 Å². The predicted octanol–water partition coefficient (Wildman–Crippen LogP) is 1.38. The monoisotopic (exact) mass is 285 g/mol. The van der Waals surface area contributed by atoms with Crippen molar-refractivity contribution < 1.29 is 19.5 Å². The first-order valence-electron chi connectivity index (χ1n) is 6.29. The van der Waals surface area contributed by atoms with Crippen molar-refractivity contribution in [3.63, 3.8) is 0 Å². The highest BCUT2D eigenvalue weighted by Gasteiger charge is 2.26. The Kier molecular flexibility index (Phi) is 3.02. The van der Waals surface area contributed by atoms with Crippen LogP contribution < -0.4 is 10.2 Å². The van der Waals surface area contributed by atoms with E-state index in [1.807, 2.05) is 0 Å². The van der Waals surface area contributed by atoms with Crippen LogP contribution in [0.25, 0.3) is 10.9 Å². The number of fused-ring (bicyclic) bond motifs is 1. The molecule has 2 aromatic rings. The van der Waals surface area contributed by atoms with Gasteiger partial charge in [0, 0.05) is 24.5 Å². The summed E-state index contributed by atoms with van der Waals surface area (Å²) in [5, 5.41) is 12.0. The van der Waals surface area contributed by atoms with E-state index in [9.17, 15) is 19.5 Å². The van der Waals surface area contributed by atoms with Crippen molar-refractivity contribution in [3.8, 4) is 0 Å². The van der Waals surface area contributed by atoms with E-state index in [4.69, 9.17) is 0 Å². The van der Waals surface area contributed by atoms with Gasteiger partial charge in [-0.15, -0.1) is 0 Å². The van der Waals surface area contributed by atoms with Crippen molar-refractivity contribution in [1.29, 1.82) is 0 Å². The van der Waals surface area contributed by atoms with Crippen LogP contribution in [0.4, 0.5) is 10.5 Å². The molecule has 2 N–H and O–H groups in total. The van der Waals surface area contributed by atoms with Crippen molar-refractivity contribution in [3.05, 3.63) is 36.0 Å². The van der Waals surface area contributed by atoms with Crippen LogP contribution in [0.3, 0.4) is 0 Å². The van der Waals surface area contributed by atoms with E-state index in [-0.39, 0.29) is 24.4 Å². The first-order valence-corrected chi connectivity index (χ1v) is 6.29. The van der Waals surface area contributed by atoms with Gasteiger partial charge in [0.15, 0.2) is 0 Å². The molecule has 1 aromatic heterocycles. The lowest BCUT2D eigenvalue weighted by Crippen LogP contribution is -2.49. The number of aromatic nitrogens is 1. The number of hydrogen-bond donors (Lipinski definition) is 2. The van der Waals surface area contributed by atoms with Gasteiger partial charge in [-0.1, -0.05) is 6.07 Å². The SMILES string of the molecule is O=C1CCN(c2cc(C(=O)O)cc3cccnc23)C(=O)N1. The van der Waals surface area contributed by atoms with Gasteiger partial charge < -0.3 is 5.11 Å². The van der Waals surface area contributed by atoms with Gasteiger partial charge in [-0.05, 0) is 18.2 Å². The Bertz CT molecular complexity index is 772. The largest absolute Gasteiger partial charge is 0.478 e. The second kappa shape index (κ2) is 4.86. The number of imide groups is 1. The average Bonchev–Trinajstić information content (AvgIpc) is 2.46. The number of carbonyl (C=O) groups excluding carboxylic acids is 2. The molecule has 7 nitrogen and oxygen atoms in total. The zero-order valence-corrected chi connectivity index (χ0v) is 10.9. The molecule has 0 radical (unpaired) electrons. The number of urea groups is 1. The number of carbonyl (C=O) groups is 3. The zero-order valence-electron chi connectivity index (χ0n) is 10.9. The maximum absolute atomic E-state index is 11.9. The molecule has 1 saturated heterocycles. The molecule has 21 heavy (non-hydrogen) atoms. The molecule has 0 unspecified atom stereocenters. The van der Waals surface area contributed by atoms with Gasteiger partial charge in [-0.3, -0.25) is 20.0 Å². The Balaban J connectivity index is 2.18. The summed E-state index contributed by atoms with van der Waals surface area (Å²) in [6.45, 7) is 0.194. The number of benzene rings is 1. The van der Waals surface area contributed by atoms with Crippen molar-refractivity contribution in [1.82, 2.24) is 10.3 Å². The van der Waals surface area contributed by atoms with Gasteiger partial charge in [-0.25, -0.2) is 9.59 Å². The summed E-state index contributed by atoms with van der Waals surface area (Å²) in [6, 6.07) is 5.75. The van der Waals surface area contributed by atoms with E-state index in [0.717, 1.165) is 0 Å². The third kappa shape index (κ3) is 2.29. The normalized spacial score (nSPS) is 15.1. The standard InChI is InChI=1S/C14H11N3O4/c18-11-3-5-17(14(21)16-11)10-7-9(13(19)20)6-8-2-1-4-15-12(8)10/h1-2,4,6-7H,3,5H2,(H,19,20)(H,16,18,21). The summed E-state index contributed by atoms with van der Waals surface area (Å²) in [5.41, 5.74) is 0.970. The first-order chi connectivity index (χ1) is 10.1. The number of carboxylic acids is 1. The molecule has 0 spiro atoms. The lowest BCUT2D eigenvalue weighted by Gasteiger charge is -2.27. The van der Waals surface area contributed by atoms with Crippen LogP contribution in [0.15, 0.2) is 30.5 Å². The Morgan fingerprint density at radius 2 is 2.14 bits per heavy atom. The second-order valence-corrected chi connectivity index (χ2v) is 4.63. The molecule has 3 amide bonds. The van der Waals surface area contributed by atoms with E-state index < -0.39 is 12.0 Å². The summed E-state index contributed by atoms with van der Waals surface area (Å²) >= 11 is 0. The second-order valence-electron chi connectivity index (χ2n) is 4.63. The number of aromatic carboxylic acids is 1. The van der Waals surface area contributed by atoms with Gasteiger partial charge in [0.2, 0.25) is 5.91 Å². The number of amides is 3. The van der Waals surface area contributed by atoms with Crippen molar-refractivity contribution in [2.75, 3.05) is 11.4 Å². The van der Waals surface area contributed by atoms with Gasteiger partial charge in [0.1, 0.15) is 0 Å². The summed E-state index contributed by atoms with van der Waals surface area (Å²) < 4.78 is 0. The predicted molar refractivity (Wildman–Crippen MR) is 74.2 cm³/mol. The van der Waals surface area contributed by atoms with Crippen LogP contribution in [0.1, 0.15) is 16.8 Å². The third-order valence-electron chi connectivity index (χ3n) is 3.28. The molecule has 2 heterocycles. The van der Waals surface area contributed by atoms with Crippen LogP contribution in [-0.4, -0.2) is 34.5 Å². The van der Waals surface area contributed by atoms with Crippen molar-refractivity contribution >= 4 is 34.5 Å². The van der Waals surface area contributed by atoms with E-state index in [1.165, 1.54) is 17.0 Å². The lowest BCUT2D eigenvalue weighted by molar-refractivity contribution is -0.120. The highest BCUT2D eigenvalue weighted by atomic mass is 16.4. The van der Waals surface area contributed by atoms with Crippen molar-refractivity contribution in [2.45, 2.75) is 6.42 Å². The van der Waals surface area contributed by atoms with Crippen LogP contribution in [0, 0.1) is 0 Å². The van der Waals surface area contributed by atoms with Crippen LogP contribution in [-0.2, 0) is 4.79 Å². The first kappa shape index (κ1) is 13.0. The van der Waals surface area contributed by atoms with Crippen molar-refractivity contribution in [2.24, 2.45) is 0 Å². The van der Waals surface area contributed by atoms with E-state index in [1.54, 1.807) is 18.3 Å². The topological polar surface area (TPSA) is 99.6 Å². The number of hydrogen-bond acceptors (Lipinski definition) is 4. The van der Waals surface area contributed by atoms with Gasteiger partial charge in [0.25, 0.3) is 0 Å². The number of rotatable bonds is 2. The minimum absolute atomic E-state index is 0.0650. The third-order valence-corrected chi connectivity index (χ3v) is 3.28. The molecule has 7 heteroatoms. The fourth-order valence-electron chi connectivity index (χ4n) is 2.30. The Morgan fingerprint density at radius 1 is 1.33 bits per heavy atom. The summed E-state index contributed by atoms with van der Waals surface area (Å²) in [7, 11) is 0. The number of anilines is 1. The molecule has 106 valence electrons. The van der Waals surface area contributed by atoms with E-state index in [2.05, 4.69) is 10.3 Å².